The SMILES string of the molecule is CC(C)CCC(SC(C)C)C(F)(F)F. The van der Waals surface area contributed by atoms with Gasteiger partial charge in [-0.1, -0.05) is 27.7 Å². The Morgan fingerprint density at radius 2 is 1.50 bits per heavy atom. The van der Waals surface area contributed by atoms with Crippen molar-refractivity contribution in [2.75, 3.05) is 0 Å². The molecule has 1 unspecified atom stereocenters. The van der Waals surface area contributed by atoms with Crippen LogP contribution in [0.25, 0.3) is 0 Å². The van der Waals surface area contributed by atoms with Crippen LogP contribution in [-0.2, 0) is 0 Å². The Hall–Kier alpha value is 0.140. The third-order valence-electron chi connectivity index (χ3n) is 1.81. The molecule has 0 nitrogen and oxygen atoms in total. The molecule has 0 aliphatic rings. The van der Waals surface area contributed by atoms with Crippen LogP contribution in [0.1, 0.15) is 40.5 Å². The second-order valence-corrected chi connectivity index (χ2v) is 5.97. The zero-order valence-corrected chi connectivity index (χ0v) is 10.0. The lowest BCUT2D eigenvalue weighted by Gasteiger charge is -2.22. The van der Waals surface area contributed by atoms with Crippen molar-refractivity contribution in [1.29, 1.82) is 0 Å². The van der Waals surface area contributed by atoms with Gasteiger partial charge in [0, 0.05) is 0 Å². The Kier molecular flexibility index (Phi) is 5.94. The highest BCUT2D eigenvalue weighted by molar-refractivity contribution is 8.00. The minimum absolute atomic E-state index is 0.0359. The van der Waals surface area contributed by atoms with Crippen LogP contribution < -0.4 is 0 Å². The Balaban J connectivity index is 4.12. The molecule has 0 aliphatic heterocycles. The van der Waals surface area contributed by atoms with E-state index in [1.54, 1.807) is 13.8 Å². The maximum Gasteiger partial charge on any atom is 0.400 e. The van der Waals surface area contributed by atoms with Crippen molar-refractivity contribution in [2.24, 2.45) is 5.92 Å². The van der Waals surface area contributed by atoms with Gasteiger partial charge < -0.3 is 0 Å². The minimum Gasteiger partial charge on any atom is -0.170 e. The van der Waals surface area contributed by atoms with Crippen LogP contribution in [0.15, 0.2) is 0 Å². The van der Waals surface area contributed by atoms with Gasteiger partial charge in [0.05, 0.1) is 0 Å². The topological polar surface area (TPSA) is 0 Å². The van der Waals surface area contributed by atoms with Crippen LogP contribution in [0.5, 0.6) is 0 Å². The number of alkyl halides is 3. The fourth-order valence-electron chi connectivity index (χ4n) is 1.12. The van der Waals surface area contributed by atoms with Gasteiger partial charge in [0.1, 0.15) is 5.25 Å². The summed E-state index contributed by atoms with van der Waals surface area (Å²) in [4.78, 5) is 0. The Morgan fingerprint density at radius 3 is 1.79 bits per heavy atom. The molecular weight excluding hydrogens is 209 g/mol. The van der Waals surface area contributed by atoms with Crippen molar-refractivity contribution < 1.29 is 13.2 Å². The molecule has 0 saturated carbocycles. The highest BCUT2D eigenvalue weighted by Crippen LogP contribution is 2.36. The van der Waals surface area contributed by atoms with E-state index in [2.05, 4.69) is 0 Å². The fraction of sp³-hybridized carbons (Fsp3) is 1.00. The molecule has 1 atom stereocenters. The van der Waals surface area contributed by atoms with Gasteiger partial charge in [0.25, 0.3) is 0 Å². The lowest BCUT2D eigenvalue weighted by molar-refractivity contribution is -0.130. The molecule has 0 saturated heterocycles. The van der Waals surface area contributed by atoms with Crippen LogP contribution in [-0.4, -0.2) is 16.7 Å². The molecule has 0 rings (SSSR count). The van der Waals surface area contributed by atoms with Gasteiger partial charge in [0.2, 0.25) is 0 Å². The van der Waals surface area contributed by atoms with Gasteiger partial charge in [-0.25, -0.2) is 0 Å². The molecule has 4 heteroatoms. The maximum absolute atomic E-state index is 12.5. The van der Waals surface area contributed by atoms with E-state index in [0.29, 0.717) is 12.3 Å². The molecule has 86 valence electrons. The Morgan fingerprint density at radius 1 is 1.00 bits per heavy atom. The van der Waals surface area contributed by atoms with Crippen molar-refractivity contribution >= 4 is 11.8 Å². The number of halogens is 3. The van der Waals surface area contributed by atoms with Crippen LogP contribution in [0, 0.1) is 5.92 Å². The number of rotatable bonds is 5. The molecule has 0 bridgehead atoms. The molecule has 0 amide bonds. The number of thioether (sulfide) groups is 1. The predicted octanol–water partition coefficient (Wildman–Crippen LogP) is 4.50. The van der Waals surface area contributed by atoms with Gasteiger partial charge in [-0.3, -0.25) is 0 Å². The quantitative estimate of drug-likeness (QED) is 0.668. The van der Waals surface area contributed by atoms with E-state index < -0.39 is 11.4 Å². The summed E-state index contributed by atoms with van der Waals surface area (Å²) >= 11 is 1.02. The van der Waals surface area contributed by atoms with Gasteiger partial charge in [-0.15, -0.1) is 11.8 Å². The molecule has 0 spiro atoms. The molecule has 0 aromatic carbocycles. The standard InChI is InChI=1S/C10H19F3S/c1-7(2)5-6-9(10(11,12)13)14-8(3)4/h7-9H,5-6H2,1-4H3. The first kappa shape index (κ1) is 14.1. The highest BCUT2D eigenvalue weighted by atomic mass is 32.2. The van der Waals surface area contributed by atoms with Gasteiger partial charge >= 0.3 is 6.18 Å². The van der Waals surface area contributed by atoms with Crippen molar-refractivity contribution in [2.45, 2.75) is 57.2 Å². The fourth-order valence-corrected chi connectivity index (χ4v) is 2.21. The van der Waals surface area contributed by atoms with Gasteiger partial charge in [-0.2, -0.15) is 13.2 Å². The normalized spacial score (nSPS) is 15.2. The van der Waals surface area contributed by atoms with Gasteiger partial charge in [0.15, 0.2) is 0 Å². The van der Waals surface area contributed by atoms with E-state index >= 15 is 0 Å². The van der Waals surface area contributed by atoms with E-state index in [1.165, 1.54) is 0 Å². The van der Waals surface area contributed by atoms with E-state index in [9.17, 15) is 13.2 Å². The van der Waals surface area contributed by atoms with E-state index in [-0.39, 0.29) is 11.7 Å². The van der Waals surface area contributed by atoms with Crippen molar-refractivity contribution in [3.05, 3.63) is 0 Å². The molecule has 0 aromatic heterocycles. The summed E-state index contributed by atoms with van der Waals surface area (Å²) in [5.74, 6) is 0.340. The van der Waals surface area contributed by atoms with E-state index in [4.69, 9.17) is 0 Å². The molecule has 14 heavy (non-hydrogen) atoms. The van der Waals surface area contributed by atoms with Crippen LogP contribution in [0.3, 0.4) is 0 Å². The minimum atomic E-state index is -4.05. The average molecular weight is 228 g/mol. The molecular formula is C10H19F3S. The van der Waals surface area contributed by atoms with Crippen LogP contribution in [0.4, 0.5) is 13.2 Å². The second-order valence-electron chi connectivity index (χ2n) is 4.19. The molecule has 0 aliphatic carbocycles. The largest absolute Gasteiger partial charge is 0.400 e. The third-order valence-corrected chi connectivity index (χ3v) is 3.18. The Bertz CT molecular complexity index is 152. The summed E-state index contributed by atoms with van der Waals surface area (Å²) in [6.07, 6.45) is -3.17. The zero-order chi connectivity index (χ0) is 11.4. The first-order chi connectivity index (χ1) is 6.23. The lowest BCUT2D eigenvalue weighted by atomic mass is 10.1. The molecule has 0 heterocycles. The first-order valence-corrected chi connectivity index (χ1v) is 5.90. The second kappa shape index (κ2) is 5.89. The first-order valence-electron chi connectivity index (χ1n) is 4.95. The summed E-state index contributed by atoms with van der Waals surface area (Å²) in [6, 6.07) is 0. The summed E-state index contributed by atoms with van der Waals surface area (Å²) < 4.78 is 37.5. The average Bonchev–Trinajstić information content (AvgIpc) is 1.94. The summed E-state index contributed by atoms with van der Waals surface area (Å²) in [6.45, 7) is 7.51. The Labute approximate surface area is 88.6 Å². The summed E-state index contributed by atoms with van der Waals surface area (Å²) in [5, 5.41) is -1.15. The number of hydrogen-bond donors (Lipinski definition) is 0. The van der Waals surface area contributed by atoms with Crippen molar-refractivity contribution in [3.63, 3.8) is 0 Å². The maximum atomic E-state index is 12.5. The van der Waals surface area contributed by atoms with E-state index in [1.807, 2.05) is 13.8 Å². The molecule has 0 N–H and O–H groups in total. The monoisotopic (exact) mass is 228 g/mol. The molecule has 0 radical (unpaired) electrons. The summed E-state index contributed by atoms with van der Waals surface area (Å²) in [5.41, 5.74) is 0. The third kappa shape index (κ3) is 6.57. The van der Waals surface area contributed by atoms with Gasteiger partial charge in [-0.05, 0) is 24.0 Å². The van der Waals surface area contributed by atoms with Crippen LogP contribution in [0.2, 0.25) is 0 Å². The predicted molar refractivity (Wildman–Crippen MR) is 56.6 cm³/mol. The number of hydrogen-bond acceptors (Lipinski definition) is 1. The molecule has 0 fully saturated rings. The molecule has 0 aromatic rings. The smallest absolute Gasteiger partial charge is 0.170 e. The highest BCUT2D eigenvalue weighted by Gasteiger charge is 2.39. The van der Waals surface area contributed by atoms with Crippen LogP contribution >= 0.6 is 11.8 Å². The summed E-state index contributed by atoms with van der Waals surface area (Å²) in [7, 11) is 0. The zero-order valence-electron chi connectivity index (χ0n) is 9.19. The lowest BCUT2D eigenvalue weighted by Crippen LogP contribution is -2.27. The van der Waals surface area contributed by atoms with Crippen molar-refractivity contribution in [3.8, 4) is 0 Å². The van der Waals surface area contributed by atoms with E-state index in [0.717, 1.165) is 11.8 Å². The van der Waals surface area contributed by atoms with Crippen molar-refractivity contribution in [1.82, 2.24) is 0 Å².